The number of nitrogens with zero attached hydrogens (tertiary/aromatic N) is 2. The van der Waals surface area contributed by atoms with Crippen LogP contribution >= 0.6 is 0 Å². The lowest BCUT2D eigenvalue weighted by Gasteiger charge is -2.38. The fraction of sp³-hybridized carbons (Fsp3) is 0.750. The number of hydrogen-bond acceptors (Lipinski definition) is 3. The molecule has 3 heterocycles. The fourth-order valence-electron chi connectivity index (χ4n) is 3.83. The highest BCUT2D eigenvalue weighted by atomic mass is 16.2. The fourth-order valence-corrected chi connectivity index (χ4v) is 3.83. The Bertz CT molecular complexity index is 478. The molecule has 2 N–H and O–H groups in total. The molecule has 0 saturated carbocycles. The maximum atomic E-state index is 12.9. The number of hydrogen-bond donors (Lipinski definition) is 2. The summed E-state index contributed by atoms with van der Waals surface area (Å²) >= 11 is 0. The first-order valence-corrected chi connectivity index (χ1v) is 8.29. The average Bonchev–Trinajstić information content (AvgIpc) is 2.80. The van der Waals surface area contributed by atoms with Crippen LogP contribution in [0, 0.1) is 12.8 Å². The molecule has 5 nitrogen and oxygen atoms in total. The van der Waals surface area contributed by atoms with Crippen LogP contribution in [0.15, 0.2) is 6.20 Å². The average molecular weight is 290 g/mol. The van der Waals surface area contributed by atoms with Gasteiger partial charge < -0.3 is 10.2 Å². The SMILES string of the molecule is Cc1[nH]ncc1C(=O)N1CCCCCC1C1CCNCC1. The van der Waals surface area contributed by atoms with E-state index in [-0.39, 0.29) is 5.91 Å². The van der Waals surface area contributed by atoms with E-state index in [4.69, 9.17) is 0 Å². The number of likely N-dealkylation sites (tertiary alicyclic amines) is 1. The lowest BCUT2D eigenvalue weighted by atomic mass is 9.86. The van der Waals surface area contributed by atoms with Gasteiger partial charge in [0.25, 0.3) is 5.91 Å². The van der Waals surface area contributed by atoms with E-state index in [2.05, 4.69) is 20.4 Å². The van der Waals surface area contributed by atoms with Crippen molar-refractivity contribution in [2.24, 2.45) is 5.92 Å². The lowest BCUT2D eigenvalue weighted by Crippen LogP contribution is -2.47. The largest absolute Gasteiger partial charge is 0.335 e. The molecule has 1 aromatic heterocycles. The third-order valence-corrected chi connectivity index (χ3v) is 5.05. The van der Waals surface area contributed by atoms with Crippen LogP contribution in [-0.2, 0) is 0 Å². The van der Waals surface area contributed by atoms with Crippen molar-refractivity contribution in [1.82, 2.24) is 20.4 Å². The van der Waals surface area contributed by atoms with Crippen LogP contribution in [0.1, 0.15) is 54.6 Å². The summed E-state index contributed by atoms with van der Waals surface area (Å²) in [6, 6.07) is 0.413. The van der Waals surface area contributed by atoms with E-state index >= 15 is 0 Å². The van der Waals surface area contributed by atoms with Crippen molar-refractivity contribution in [3.05, 3.63) is 17.5 Å². The summed E-state index contributed by atoms with van der Waals surface area (Å²) in [7, 11) is 0. The monoisotopic (exact) mass is 290 g/mol. The number of carbonyl (C=O) groups is 1. The summed E-state index contributed by atoms with van der Waals surface area (Å²) in [5.41, 5.74) is 1.63. The van der Waals surface area contributed by atoms with Gasteiger partial charge in [-0.3, -0.25) is 9.89 Å². The van der Waals surface area contributed by atoms with Crippen molar-refractivity contribution in [1.29, 1.82) is 0 Å². The van der Waals surface area contributed by atoms with Gasteiger partial charge in [-0.15, -0.1) is 0 Å². The minimum atomic E-state index is 0.173. The normalized spacial score (nSPS) is 24.8. The summed E-state index contributed by atoms with van der Waals surface area (Å²) in [5, 5.41) is 10.3. The Balaban J connectivity index is 1.81. The van der Waals surface area contributed by atoms with Crippen LogP contribution < -0.4 is 5.32 Å². The summed E-state index contributed by atoms with van der Waals surface area (Å²) in [6.45, 7) is 5.01. The number of aromatic nitrogens is 2. The molecule has 1 atom stereocenters. The molecule has 0 aliphatic carbocycles. The van der Waals surface area contributed by atoms with Gasteiger partial charge in [0.15, 0.2) is 0 Å². The van der Waals surface area contributed by atoms with Crippen molar-refractivity contribution in [3.63, 3.8) is 0 Å². The van der Waals surface area contributed by atoms with Crippen LogP contribution in [0.4, 0.5) is 0 Å². The zero-order valence-electron chi connectivity index (χ0n) is 12.9. The van der Waals surface area contributed by atoms with Crippen molar-refractivity contribution in [2.45, 2.75) is 51.5 Å². The Morgan fingerprint density at radius 1 is 1.24 bits per heavy atom. The summed E-state index contributed by atoms with van der Waals surface area (Å²) in [5.74, 6) is 0.826. The van der Waals surface area contributed by atoms with Gasteiger partial charge in [0.1, 0.15) is 0 Å². The third kappa shape index (κ3) is 3.12. The number of carbonyl (C=O) groups excluding carboxylic acids is 1. The second-order valence-electron chi connectivity index (χ2n) is 6.41. The molecule has 2 fully saturated rings. The molecule has 0 radical (unpaired) electrons. The number of aryl methyl sites for hydroxylation is 1. The molecule has 0 spiro atoms. The van der Waals surface area contributed by atoms with E-state index in [0.29, 0.717) is 12.0 Å². The molecule has 5 heteroatoms. The minimum absolute atomic E-state index is 0.173. The Morgan fingerprint density at radius 2 is 2.05 bits per heavy atom. The van der Waals surface area contributed by atoms with Crippen molar-refractivity contribution < 1.29 is 4.79 Å². The predicted octanol–water partition coefficient (Wildman–Crippen LogP) is 2.10. The maximum absolute atomic E-state index is 12.9. The van der Waals surface area contributed by atoms with Gasteiger partial charge >= 0.3 is 0 Å². The highest BCUT2D eigenvalue weighted by Crippen LogP contribution is 2.29. The second-order valence-corrected chi connectivity index (χ2v) is 6.41. The molecule has 116 valence electrons. The van der Waals surface area contributed by atoms with Gasteiger partial charge in [0.05, 0.1) is 11.8 Å². The van der Waals surface area contributed by atoms with E-state index < -0.39 is 0 Å². The lowest BCUT2D eigenvalue weighted by molar-refractivity contribution is 0.0581. The number of aromatic amines is 1. The second kappa shape index (κ2) is 6.60. The van der Waals surface area contributed by atoms with E-state index in [1.807, 2.05) is 6.92 Å². The molecule has 0 bridgehead atoms. The predicted molar refractivity (Wildman–Crippen MR) is 82.2 cm³/mol. The van der Waals surface area contributed by atoms with Gasteiger partial charge in [-0.1, -0.05) is 12.8 Å². The summed E-state index contributed by atoms with van der Waals surface area (Å²) < 4.78 is 0. The Labute approximate surface area is 126 Å². The number of H-pyrrole nitrogens is 1. The van der Waals surface area contributed by atoms with Crippen LogP contribution in [-0.4, -0.2) is 46.7 Å². The van der Waals surface area contributed by atoms with E-state index in [9.17, 15) is 4.79 Å². The quantitative estimate of drug-likeness (QED) is 0.877. The van der Waals surface area contributed by atoms with E-state index in [1.165, 1.54) is 25.7 Å². The molecule has 0 aromatic carbocycles. The maximum Gasteiger partial charge on any atom is 0.257 e. The number of amides is 1. The molecule has 3 rings (SSSR count). The Kier molecular flexibility index (Phi) is 4.58. The highest BCUT2D eigenvalue weighted by Gasteiger charge is 2.33. The van der Waals surface area contributed by atoms with E-state index in [1.54, 1.807) is 6.20 Å². The zero-order chi connectivity index (χ0) is 14.7. The molecule has 1 aromatic rings. The van der Waals surface area contributed by atoms with Gasteiger partial charge in [-0.05, 0) is 51.6 Å². The zero-order valence-corrected chi connectivity index (χ0v) is 12.9. The molecule has 1 amide bonds. The van der Waals surface area contributed by atoms with Gasteiger partial charge in [-0.25, -0.2) is 0 Å². The topological polar surface area (TPSA) is 61.0 Å². The van der Waals surface area contributed by atoms with Crippen molar-refractivity contribution in [3.8, 4) is 0 Å². The standard InChI is InChI=1S/C16H26N4O/c1-12-14(11-18-19-12)16(21)20-10-4-2-3-5-15(20)13-6-8-17-9-7-13/h11,13,15,17H,2-10H2,1H3,(H,18,19). The molecule has 2 saturated heterocycles. The first-order chi connectivity index (χ1) is 10.3. The van der Waals surface area contributed by atoms with Crippen LogP contribution in [0.25, 0.3) is 0 Å². The van der Waals surface area contributed by atoms with Gasteiger partial charge in [0, 0.05) is 18.3 Å². The molecular weight excluding hydrogens is 264 g/mol. The van der Waals surface area contributed by atoms with Crippen LogP contribution in [0.2, 0.25) is 0 Å². The van der Waals surface area contributed by atoms with Gasteiger partial charge in [-0.2, -0.15) is 5.10 Å². The molecule has 2 aliphatic heterocycles. The Morgan fingerprint density at radius 3 is 2.76 bits per heavy atom. The molecular formula is C16H26N4O. The molecule has 2 aliphatic rings. The first kappa shape index (κ1) is 14.6. The number of rotatable bonds is 2. The highest BCUT2D eigenvalue weighted by molar-refractivity contribution is 5.95. The minimum Gasteiger partial charge on any atom is -0.335 e. The smallest absolute Gasteiger partial charge is 0.257 e. The first-order valence-electron chi connectivity index (χ1n) is 8.29. The van der Waals surface area contributed by atoms with Crippen molar-refractivity contribution in [2.75, 3.05) is 19.6 Å². The van der Waals surface area contributed by atoms with E-state index in [0.717, 1.165) is 43.7 Å². The molecule has 21 heavy (non-hydrogen) atoms. The number of nitrogens with one attached hydrogen (secondary N) is 2. The van der Waals surface area contributed by atoms with Crippen LogP contribution in [0.5, 0.6) is 0 Å². The molecule has 1 unspecified atom stereocenters. The van der Waals surface area contributed by atoms with Crippen molar-refractivity contribution >= 4 is 5.91 Å². The van der Waals surface area contributed by atoms with Gasteiger partial charge in [0.2, 0.25) is 0 Å². The summed E-state index contributed by atoms with van der Waals surface area (Å²) in [4.78, 5) is 15.1. The number of piperidine rings is 1. The van der Waals surface area contributed by atoms with Crippen LogP contribution in [0.3, 0.4) is 0 Å². The third-order valence-electron chi connectivity index (χ3n) is 5.05. The summed E-state index contributed by atoms with van der Waals surface area (Å²) in [6.07, 6.45) is 8.86. The Hall–Kier alpha value is -1.36.